The van der Waals surface area contributed by atoms with E-state index in [9.17, 15) is 0 Å². The van der Waals surface area contributed by atoms with Gasteiger partial charge in [-0.05, 0) is 0 Å². The molecule has 0 bridgehead atoms. The SMILES string of the molecule is [Al+3].[Al+3].[Mg+2].[Mg+2].[O-2].[O-2].[O-2].[O-2].[O-2].[O-2].[O-2].[Zn+2].[Zn+2]. The molecule has 0 aliphatic carbocycles. The van der Waals surface area contributed by atoms with E-state index in [1.165, 1.54) is 0 Å². The second-order valence-corrected chi connectivity index (χ2v) is 0. The first kappa shape index (κ1) is 316. The Morgan fingerprint density at radius 3 is 0.308 bits per heavy atom. The molecule has 0 fully saturated rings. The maximum absolute atomic E-state index is 0. The van der Waals surface area contributed by atoms with Crippen LogP contribution in [0.5, 0.6) is 0 Å². The van der Waals surface area contributed by atoms with Gasteiger partial charge in [-0.3, -0.25) is 0 Å². The first-order chi connectivity index (χ1) is 0. The van der Waals surface area contributed by atoms with Crippen molar-refractivity contribution in [1.29, 1.82) is 0 Å². The van der Waals surface area contributed by atoms with Crippen molar-refractivity contribution >= 4 is 80.8 Å². The van der Waals surface area contributed by atoms with E-state index in [0.29, 0.717) is 0 Å². The third-order valence-corrected chi connectivity index (χ3v) is 0. The fraction of sp³-hybridized carbons (Fsp3) is 0. The summed E-state index contributed by atoms with van der Waals surface area (Å²) in [7, 11) is 0. The van der Waals surface area contributed by atoms with Crippen LogP contribution in [0.3, 0.4) is 0 Å². The normalized spacial score (nSPS) is 0. The van der Waals surface area contributed by atoms with Gasteiger partial charge in [-0.25, -0.2) is 0 Å². The molecule has 0 aliphatic heterocycles. The standard InChI is InChI=1S/2Al.2Mg.7O.2Zn/q2*+3;2*+2;7*-2;2*+2. The van der Waals surface area contributed by atoms with Crippen LogP contribution in [0.25, 0.3) is 0 Å². The molecule has 0 atom stereocenters. The second-order valence-electron chi connectivity index (χ2n) is 0. The molecule has 0 aromatic heterocycles. The summed E-state index contributed by atoms with van der Waals surface area (Å²) in [6.45, 7) is 0. The van der Waals surface area contributed by atoms with Gasteiger partial charge in [-0.2, -0.15) is 0 Å². The Balaban J connectivity index is 0. The van der Waals surface area contributed by atoms with Gasteiger partial charge in [0, 0.05) is 0 Å². The van der Waals surface area contributed by atoms with Crippen molar-refractivity contribution in [2.24, 2.45) is 0 Å². The van der Waals surface area contributed by atoms with Crippen molar-refractivity contribution < 1.29 is 77.3 Å². The summed E-state index contributed by atoms with van der Waals surface area (Å²) >= 11 is 0. The van der Waals surface area contributed by atoms with Crippen LogP contribution >= 0.6 is 0 Å². The van der Waals surface area contributed by atoms with Gasteiger partial charge in [0.25, 0.3) is 0 Å². The first-order valence-corrected chi connectivity index (χ1v) is 0. The Morgan fingerprint density at radius 1 is 0.308 bits per heavy atom. The van der Waals surface area contributed by atoms with Crippen molar-refractivity contribution in [1.82, 2.24) is 0 Å². The van der Waals surface area contributed by atoms with Crippen LogP contribution in [0.15, 0.2) is 0 Å². The summed E-state index contributed by atoms with van der Waals surface area (Å²) in [6.07, 6.45) is 0. The van der Waals surface area contributed by atoms with Gasteiger partial charge in [0.1, 0.15) is 0 Å². The van der Waals surface area contributed by atoms with Gasteiger partial charge in [0.15, 0.2) is 0 Å². The molecular formula is Al2Mg2O7Zn2. The molecule has 13 heteroatoms. The van der Waals surface area contributed by atoms with Gasteiger partial charge in [-0.15, -0.1) is 0 Å². The molecule has 13 heavy (non-hydrogen) atoms. The Kier molecular flexibility index (Phi) is 6310. The average Bonchev–Trinajstić information content (AvgIpc) is 0. The minimum atomic E-state index is 0. The van der Waals surface area contributed by atoms with Crippen LogP contribution < -0.4 is 0 Å². The molecule has 0 heterocycles. The molecule has 0 radical (unpaired) electrons. The summed E-state index contributed by atoms with van der Waals surface area (Å²) < 4.78 is 0. The van der Waals surface area contributed by atoms with E-state index in [1.807, 2.05) is 0 Å². The molecule has 0 saturated carbocycles. The minimum Gasteiger partial charge on any atom is -2.00 e. The summed E-state index contributed by atoms with van der Waals surface area (Å²) in [4.78, 5) is 0. The van der Waals surface area contributed by atoms with E-state index >= 15 is 0 Å². The van der Waals surface area contributed by atoms with Crippen LogP contribution in [0.1, 0.15) is 0 Å². The van der Waals surface area contributed by atoms with Crippen molar-refractivity contribution in [3.05, 3.63) is 0 Å². The van der Waals surface area contributed by atoms with Gasteiger partial charge in [0.2, 0.25) is 0 Å². The van der Waals surface area contributed by atoms with E-state index < -0.39 is 0 Å². The molecule has 0 aliphatic rings. The molecule has 7 nitrogen and oxygen atoms in total. The van der Waals surface area contributed by atoms with E-state index in [0.717, 1.165) is 0 Å². The van der Waals surface area contributed by atoms with E-state index in [-0.39, 0.29) is 158 Å². The first-order valence-electron chi connectivity index (χ1n) is 0. The zero-order valence-electron chi connectivity index (χ0n) is 6.84. The van der Waals surface area contributed by atoms with E-state index in [4.69, 9.17) is 0 Å². The molecular weight excluding hydrogens is 345 g/mol. The van der Waals surface area contributed by atoms with Gasteiger partial charge in [-0.1, -0.05) is 0 Å². The monoisotopic (exact) mass is 342 g/mol. The van der Waals surface area contributed by atoms with Crippen molar-refractivity contribution in [3.63, 3.8) is 0 Å². The van der Waals surface area contributed by atoms with Crippen LogP contribution in [-0.2, 0) is 77.3 Å². The topological polar surface area (TPSA) is 200 Å². The zero-order chi connectivity index (χ0) is 0. The van der Waals surface area contributed by atoms with Crippen LogP contribution in [0.2, 0.25) is 0 Å². The summed E-state index contributed by atoms with van der Waals surface area (Å²) in [6, 6.07) is 0. The molecule has 0 spiro atoms. The average molecular weight is 345 g/mol. The molecule has 0 amide bonds. The summed E-state index contributed by atoms with van der Waals surface area (Å²) in [5, 5.41) is 0. The predicted octanol–water partition coefficient (Wildman–Crippen LogP) is -2.36. The number of hydrogen-bond donors (Lipinski definition) is 0. The zero-order valence-corrected chi connectivity index (χ0v) is 17.9. The third-order valence-electron chi connectivity index (χ3n) is 0. The maximum atomic E-state index is 0. The van der Waals surface area contributed by atoms with Crippen molar-refractivity contribution in [2.75, 3.05) is 0 Å². The Bertz CT molecular complexity index is 22.5. The molecule has 0 aromatic carbocycles. The quantitative estimate of drug-likeness (QED) is 0.423. The van der Waals surface area contributed by atoms with Crippen molar-refractivity contribution in [3.8, 4) is 0 Å². The smallest absolute Gasteiger partial charge is 2.00 e. The summed E-state index contributed by atoms with van der Waals surface area (Å²) in [5.41, 5.74) is 0. The van der Waals surface area contributed by atoms with Gasteiger partial charge >= 0.3 is 120 Å². The number of rotatable bonds is 0. The molecule has 0 N–H and O–H groups in total. The van der Waals surface area contributed by atoms with Crippen LogP contribution in [0, 0.1) is 0 Å². The molecule has 0 saturated heterocycles. The predicted molar refractivity (Wildman–Crippen MR) is 27.8 cm³/mol. The summed E-state index contributed by atoms with van der Waals surface area (Å²) in [5.74, 6) is 0. The van der Waals surface area contributed by atoms with E-state index in [1.54, 1.807) is 0 Å². The van der Waals surface area contributed by atoms with Crippen LogP contribution in [0.4, 0.5) is 0 Å². The van der Waals surface area contributed by atoms with Crippen molar-refractivity contribution in [2.45, 2.75) is 0 Å². The molecule has 0 rings (SSSR count). The molecule has 56 valence electrons. The molecule has 0 aromatic rings. The minimum absolute atomic E-state index is 0. The van der Waals surface area contributed by atoms with Crippen LogP contribution in [-0.4, -0.2) is 80.8 Å². The Morgan fingerprint density at radius 2 is 0.308 bits per heavy atom. The van der Waals surface area contributed by atoms with Gasteiger partial charge < -0.3 is 38.3 Å². The Hall–Kier alpha value is 3.56. The second kappa shape index (κ2) is 260. The fourth-order valence-electron chi connectivity index (χ4n) is 0. The van der Waals surface area contributed by atoms with Gasteiger partial charge in [0.05, 0.1) is 0 Å². The van der Waals surface area contributed by atoms with E-state index in [2.05, 4.69) is 0 Å². The third kappa shape index (κ3) is 225. The number of hydrogen-bond acceptors (Lipinski definition) is 0. The molecule has 0 unspecified atom stereocenters. The maximum Gasteiger partial charge on any atom is 3.00 e. The fourth-order valence-corrected chi connectivity index (χ4v) is 0. The Labute approximate surface area is 156 Å². The largest absolute Gasteiger partial charge is 3.00 e.